The van der Waals surface area contributed by atoms with Gasteiger partial charge in [-0.3, -0.25) is 4.79 Å². The first-order valence-electron chi connectivity index (χ1n) is 6.04. The predicted octanol–water partition coefficient (Wildman–Crippen LogP) is 0.496. The summed E-state index contributed by atoms with van der Waals surface area (Å²) in [6, 6.07) is 2.41. The zero-order chi connectivity index (χ0) is 13.8. The van der Waals surface area contributed by atoms with Crippen LogP contribution in [-0.4, -0.2) is 35.7 Å². The van der Waals surface area contributed by atoms with Gasteiger partial charge in [-0.15, -0.1) is 11.3 Å². The minimum atomic E-state index is -1.08. The van der Waals surface area contributed by atoms with Gasteiger partial charge in [0.15, 0.2) is 6.04 Å². The second-order valence-electron chi connectivity index (χ2n) is 4.36. The Balaban J connectivity index is 1.98. The van der Waals surface area contributed by atoms with E-state index < -0.39 is 24.0 Å². The first-order chi connectivity index (χ1) is 9.11. The van der Waals surface area contributed by atoms with Crippen LogP contribution in [0, 0.1) is 0 Å². The molecule has 0 spiro atoms. The van der Waals surface area contributed by atoms with Gasteiger partial charge in [0.25, 0.3) is 0 Å². The van der Waals surface area contributed by atoms with Crippen LogP contribution in [0.4, 0.5) is 0 Å². The summed E-state index contributed by atoms with van der Waals surface area (Å²) in [5.41, 5.74) is 5.47. The summed E-state index contributed by atoms with van der Waals surface area (Å²) >= 11 is 1.29. The van der Waals surface area contributed by atoms with Crippen molar-refractivity contribution in [2.45, 2.75) is 31.1 Å². The molecule has 1 aromatic rings. The van der Waals surface area contributed by atoms with Gasteiger partial charge >= 0.3 is 5.97 Å². The summed E-state index contributed by atoms with van der Waals surface area (Å²) in [4.78, 5) is 23.8. The van der Waals surface area contributed by atoms with Gasteiger partial charge in [-0.2, -0.15) is 0 Å². The third kappa shape index (κ3) is 3.31. The maximum Gasteiger partial charge on any atom is 0.331 e. The number of carbonyl (C=O) groups excluding carboxylic acids is 1. The number of carboxylic acid groups (broad SMARTS) is 1. The largest absolute Gasteiger partial charge is 0.479 e. The van der Waals surface area contributed by atoms with Crippen molar-refractivity contribution in [3.63, 3.8) is 0 Å². The van der Waals surface area contributed by atoms with E-state index in [4.69, 9.17) is 15.6 Å². The van der Waals surface area contributed by atoms with Gasteiger partial charge in [-0.1, -0.05) is 6.07 Å². The van der Waals surface area contributed by atoms with Gasteiger partial charge < -0.3 is 20.9 Å². The second-order valence-corrected chi connectivity index (χ2v) is 5.33. The fourth-order valence-corrected chi connectivity index (χ4v) is 2.78. The Morgan fingerprint density at radius 3 is 2.89 bits per heavy atom. The topological polar surface area (TPSA) is 102 Å². The quantitative estimate of drug-likeness (QED) is 0.730. The number of nitrogens with one attached hydrogen (secondary N) is 1. The van der Waals surface area contributed by atoms with Crippen molar-refractivity contribution in [3.05, 3.63) is 22.4 Å². The minimum Gasteiger partial charge on any atom is -0.479 e. The molecule has 0 radical (unpaired) electrons. The average Bonchev–Trinajstić information content (AvgIpc) is 3.05. The number of hydrogen-bond acceptors (Lipinski definition) is 5. The Morgan fingerprint density at radius 2 is 2.37 bits per heavy atom. The van der Waals surface area contributed by atoms with Crippen molar-refractivity contribution in [1.29, 1.82) is 0 Å². The molecule has 0 saturated carbocycles. The van der Waals surface area contributed by atoms with Gasteiger partial charge in [0.2, 0.25) is 5.91 Å². The molecule has 1 aromatic heterocycles. The standard InChI is InChI=1S/C12H16N2O4S/c13-6-7-3-4-8(18-7)11(15)14-10(12(16)17)9-2-1-5-19-9/h1-2,5,7-8,10H,3-4,6,13H2,(H,14,15)(H,16,17). The highest BCUT2D eigenvalue weighted by Crippen LogP contribution is 2.22. The Morgan fingerprint density at radius 1 is 1.58 bits per heavy atom. The first kappa shape index (κ1) is 14.0. The molecule has 3 unspecified atom stereocenters. The third-order valence-electron chi connectivity index (χ3n) is 3.02. The van der Waals surface area contributed by atoms with Gasteiger partial charge in [0.05, 0.1) is 6.10 Å². The van der Waals surface area contributed by atoms with Crippen LogP contribution >= 0.6 is 11.3 Å². The molecule has 19 heavy (non-hydrogen) atoms. The molecule has 1 aliphatic rings. The summed E-state index contributed by atoms with van der Waals surface area (Å²) in [6.07, 6.45) is 0.589. The number of hydrogen-bond donors (Lipinski definition) is 3. The molecule has 6 nitrogen and oxygen atoms in total. The van der Waals surface area contributed by atoms with E-state index in [9.17, 15) is 9.59 Å². The van der Waals surface area contributed by atoms with Crippen LogP contribution in [0.2, 0.25) is 0 Å². The van der Waals surface area contributed by atoms with Gasteiger partial charge in [0.1, 0.15) is 6.10 Å². The zero-order valence-corrected chi connectivity index (χ0v) is 11.1. The molecule has 4 N–H and O–H groups in total. The number of thiophene rings is 1. The van der Waals surface area contributed by atoms with Gasteiger partial charge in [-0.25, -0.2) is 4.79 Å². The van der Waals surface area contributed by atoms with Crippen molar-refractivity contribution < 1.29 is 19.4 Å². The van der Waals surface area contributed by atoms with E-state index in [0.717, 1.165) is 6.42 Å². The fourth-order valence-electron chi connectivity index (χ4n) is 2.02. The molecule has 1 fully saturated rings. The van der Waals surface area contributed by atoms with Crippen molar-refractivity contribution in [3.8, 4) is 0 Å². The maximum atomic E-state index is 12.0. The Kier molecular flexibility index (Phi) is 4.52. The molecule has 2 heterocycles. The smallest absolute Gasteiger partial charge is 0.331 e. The summed E-state index contributed by atoms with van der Waals surface area (Å²) in [7, 11) is 0. The van der Waals surface area contributed by atoms with Crippen LogP contribution in [0.3, 0.4) is 0 Å². The van der Waals surface area contributed by atoms with E-state index in [-0.39, 0.29) is 6.10 Å². The molecule has 104 valence electrons. The zero-order valence-electron chi connectivity index (χ0n) is 10.2. The maximum absolute atomic E-state index is 12.0. The molecule has 1 aliphatic heterocycles. The number of nitrogens with two attached hydrogens (primary N) is 1. The first-order valence-corrected chi connectivity index (χ1v) is 6.92. The van der Waals surface area contributed by atoms with Crippen molar-refractivity contribution in [2.75, 3.05) is 6.54 Å². The highest BCUT2D eigenvalue weighted by Gasteiger charge is 2.33. The van der Waals surface area contributed by atoms with Gasteiger partial charge in [0, 0.05) is 11.4 Å². The van der Waals surface area contributed by atoms with E-state index in [2.05, 4.69) is 5.32 Å². The molecule has 0 aliphatic carbocycles. The van der Waals surface area contributed by atoms with E-state index in [1.807, 2.05) is 0 Å². The predicted molar refractivity (Wildman–Crippen MR) is 69.8 cm³/mol. The lowest BCUT2D eigenvalue weighted by Crippen LogP contribution is -2.40. The fraction of sp³-hybridized carbons (Fsp3) is 0.500. The van der Waals surface area contributed by atoms with Crippen molar-refractivity contribution >= 4 is 23.2 Å². The summed E-state index contributed by atoms with van der Waals surface area (Å²) in [6.45, 7) is 0.372. The average molecular weight is 284 g/mol. The molecular weight excluding hydrogens is 268 g/mol. The van der Waals surface area contributed by atoms with E-state index in [1.165, 1.54) is 11.3 Å². The van der Waals surface area contributed by atoms with E-state index in [0.29, 0.717) is 17.8 Å². The van der Waals surface area contributed by atoms with E-state index >= 15 is 0 Å². The summed E-state index contributed by atoms with van der Waals surface area (Å²) < 4.78 is 5.44. The Hall–Kier alpha value is -1.44. The number of carbonyl (C=O) groups is 2. The molecule has 1 amide bonds. The molecule has 0 bridgehead atoms. The highest BCUT2D eigenvalue weighted by atomic mass is 32.1. The monoisotopic (exact) mass is 284 g/mol. The number of amides is 1. The number of rotatable bonds is 5. The van der Waals surface area contributed by atoms with Crippen molar-refractivity contribution in [2.24, 2.45) is 5.73 Å². The molecule has 0 aromatic carbocycles. The Labute approximate surface area is 114 Å². The lowest BCUT2D eigenvalue weighted by Gasteiger charge is -2.17. The third-order valence-corrected chi connectivity index (χ3v) is 3.96. The van der Waals surface area contributed by atoms with Crippen LogP contribution in [-0.2, 0) is 14.3 Å². The number of carboxylic acids is 1. The lowest BCUT2D eigenvalue weighted by molar-refractivity contribution is -0.144. The second kappa shape index (κ2) is 6.14. The van der Waals surface area contributed by atoms with E-state index in [1.54, 1.807) is 17.5 Å². The Bertz CT molecular complexity index is 449. The number of aliphatic carboxylic acids is 1. The summed E-state index contributed by atoms with van der Waals surface area (Å²) in [5, 5.41) is 13.4. The van der Waals surface area contributed by atoms with Crippen LogP contribution in [0.15, 0.2) is 17.5 Å². The number of ether oxygens (including phenoxy) is 1. The summed E-state index contributed by atoms with van der Waals surface area (Å²) in [5.74, 6) is -1.47. The molecule has 3 atom stereocenters. The SMILES string of the molecule is NCC1CCC(C(=O)NC(C(=O)O)c2cccs2)O1. The minimum absolute atomic E-state index is 0.110. The van der Waals surface area contributed by atoms with Crippen molar-refractivity contribution in [1.82, 2.24) is 5.32 Å². The lowest BCUT2D eigenvalue weighted by atomic mass is 10.1. The molecule has 1 saturated heterocycles. The normalized spacial score (nSPS) is 24.1. The van der Waals surface area contributed by atoms with Crippen LogP contribution in [0.1, 0.15) is 23.8 Å². The highest BCUT2D eigenvalue weighted by molar-refractivity contribution is 7.10. The van der Waals surface area contributed by atoms with Crippen LogP contribution < -0.4 is 11.1 Å². The molecular formula is C12H16N2O4S. The molecule has 7 heteroatoms. The van der Waals surface area contributed by atoms with Crippen LogP contribution in [0.5, 0.6) is 0 Å². The molecule has 2 rings (SSSR count). The van der Waals surface area contributed by atoms with Gasteiger partial charge in [-0.05, 0) is 24.3 Å². The van der Waals surface area contributed by atoms with Crippen LogP contribution in [0.25, 0.3) is 0 Å².